The van der Waals surface area contributed by atoms with E-state index in [1.807, 2.05) is 0 Å². The van der Waals surface area contributed by atoms with Crippen LogP contribution >= 0.6 is 0 Å². The molecule has 0 saturated carbocycles. The molecule has 0 saturated heterocycles. The minimum Gasteiger partial charge on any atom is -0.368 e. The van der Waals surface area contributed by atoms with Crippen LogP contribution < -0.4 is 11.1 Å². The molecule has 0 fully saturated rings. The minimum absolute atomic E-state index is 0.0914. The number of nitrogens with two attached hydrogens (primary N) is 1. The van der Waals surface area contributed by atoms with Crippen molar-refractivity contribution in [2.45, 2.75) is 19.9 Å². The fourth-order valence-electron chi connectivity index (χ4n) is 2.15. The van der Waals surface area contributed by atoms with E-state index >= 15 is 0 Å². The van der Waals surface area contributed by atoms with Crippen molar-refractivity contribution in [2.24, 2.45) is 18.7 Å². The molecule has 1 unspecified atom stereocenters. The van der Waals surface area contributed by atoms with Crippen LogP contribution in [0.15, 0.2) is 18.9 Å². The summed E-state index contributed by atoms with van der Waals surface area (Å²) in [5.74, 6) is -1.14. The summed E-state index contributed by atoms with van der Waals surface area (Å²) in [7, 11) is 3.08. The van der Waals surface area contributed by atoms with Crippen LogP contribution in [0.2, 0.25) is 0 Å². The number of nitrogens with zero attached hydrogens (tertiary/aromatic N) is 3. The number of imidazole rings is 1. The van der Waals surface area contributed by atoms with Crippen molar-refractivity contribution in [1.29, 1.82) is 0 Å². The number of amides is 3. The Hall–Kier alpha value is -2.64. The van der Waals surface area contributed by atoms with E-state index in [-0.39, 0.29) is 11.7 Å². The number of likely N-dealkylation sites (N-methyl/N-ethyl adjacent to an activating group) is 1. The smallest absolute Gasteiger partial charge is 0.290 e. The van der Waals surface area contributed by atoms with E-state index < -0.39 is 23.8 Å². The van der Waals surface area contributed by atoms with Gasteiger partial charge in [0.05, 0.1) is 6.20 Å². The molecule has 0 aliphatic heterocycles. The van der Waals surface area contributed by atoms with Crippen LogP contribution in [0.4, 0.5) is 5.82 Å². The van der Waals surface area contributed by atoms with Crippen LogP contribution in [0.25, 0.3) is 0 Å². The Kier molecular flexibility index (Phi) is 5.44. The molecule has 1 atom stereocenters. The number of hydrogen-bond donors (Lipinski definition) is 2. The zero-order valence-corrected chi connectivity index (χ0v) is 13.2. The molecule has 0 bridgehead atoms. The fraction of sp³-hybridized carbons (Fsp3) is 0.429. The predicted octanol–water partition coefficient (Wildman–Crippen LogP) is 0.126. The molecule has 8 heteroatoms. The van der Waals surface area contributed by atoms with Crippen molar-refractivity contribution in [3.05, 3.63) is 24.7 Å². The second-order valence-electron chi connectivity index (χ2n) is 5.23. The predicted molar refractivity (Wildman–Crippen MR) is 81.9 cm³/mol. The van der Waals surface area contributed by atoms with E-state index in [0.717, 1.165) is 6.08 Å². The highest BCUT2D eigenvalue weighted by Crippen LogP contribution is 2.15. The summed E-state index contributed by atoms with van der Waals surface area (Å²) in [6.07, 6.45) is 2.47. The van der Waals surface area contributed by atoms with Crippen LogP contribution in [0, 0.1) is 5.92 Å². The summed E-state index contributed by atoms with van der Waals surface area (Å²) in [5, 5.41) is 2.53. The molecule has 0 spiro atoms. The number of rotatable bonds is 6. The summed E-state index contributed by atoms with van der Waals surface area (Å²) in [6, 6.07) is -0.740. The molecule has 8 nitrogen and oxygen atoms in total. The first-order valence-electron chi connectivity index (χ1n) is 6.72. The van der Waals surface area contributed by atoms with Gasteiger partial charge in [-0.1, -0.05) is 20.4 Å². The van der Waals surface area contributed by atoms with Gasteiger partial charge in [-0.15, -0.1) is 0 Å². The molecule has 0 radical (unpaired) electrons. The topological polar surface area (TPSA) is 110 Å². The van der Waals surface area contributed by atoms with E-state index in [2.05, 4.69) is 16.9 Å². The van der Waals surface area contributed by atoms with E-state index in [0.29, 0.717) is 5.82 Å². The highest BCUT2D eigenvalue weighted by atomic mass is 16.2. The molecular weight excluding hydrogens is 286 g/mol. The van der Waals surface area contributed by atoms with Gasteiger partial charge < -0.3 is 20.5 Å². The first-order valence-corrected chi connectivity index (χ1v) is 6.72. The summed E-state index contributed by atoms with van der Waals surface area (Å²) < 4.78 is 1.43. The van der Waals surface area contributed by atoms with Crippen molar-refractivity contribution in [3.8, 4) is 0 Å². The molecule has 120 valence electrons. The number of carbonyl (C=O) groups is 3. The molecule has 22 heavy (non-hydrogen) atoms. The second-order valence-corrected chi connectivity index (χ2v) is 5.23. The first-order chi connectivity index (χ1) is 10.2. The monoisotopic (exact) mass is 307 g/mol. The van der Waals surface area contributed by atoms with Crippen molar-refractivity contribution in [2.75, 3.05) is 12.4 Å². The highest BCUT2D eigenvalue weighted by Gasteiger charge is 2.30. The Morgan fingerprint density at radius 3 is 2.50 bits per heavy atom. The van der Waals surface area contributed by atoms with Crippen LogP contribution in [-0.4, -0.2) is 45.3 Å². The molecular formula is C14H21N5O3. The average molecular weight is 307 g/mol. The van der Waals surface area contributed by atoms with Crippen molar-refractivity contribution in [1.82, 2.24) is 14.5 Å². The highest BCUT2D eigenvalue weighted by molar-refractivity contribution is 5.99. The summed E-state index contributed by atoms with van der Waals surface area (Å²) in [6.45, 7) is 6.95. The van der Waals surface area contributed by atoms with Gasteiger partial charge in [0, 0.05) is 14.1 Å². The summed E-state index contributed by atoms with van der Waals surface area (Å²) in [4.78, 5) is 40.6. The molecule has 3 amide bonds. The van der Waals surface area contributed by atoms with Gasteiger partial charge in [0.15, 0.2) is 0 Å². The van der Waals surface area contributed by atoms with Crippen LogP contribution in [-0.2, 0) is 16.6 Å². The maximum atomic E-state index is 12.5. The Morgan fingerprint density at radius 1 is 1.45 bits per heavy atom. The largest absolute Gasteiger partial charge is 0.368 e. The molecule has 1 aromatic rings. The van der Waals surface area contributed by atoms with Gasteiger partial charge in [0.1, 0.15) is 11.9 Å². The quantitative estimate of drug-likeness (QED) is 0.727. The van der Waals surface area contributed by atoms with Gasteiger partial charge >= 0.3 is 0 Å². The normalized spacial score (nSPS) is 11.9. The lowest BCUT2D eigenvalue weighted by atomic mass is 10.0. The van der Waals surface area contributed by atoms with E-state index in [4.69, 9.17) is 5.73 Å². The number of hydrogen-bond acceptors (Lipinski definition) is 4. The van der Waals surface area contributed by atoms with E-state index in [1.54, 1.807) is 20.9 Å². The van der Waals surface area contributed by atoms with E-state index in [1.165, 1.54) is 22.7 Å². The molecule has 0 aliphatic carbocycles. The average Bonchev–Trinajstić information content (AvgIpc) is 2.78. The molecule has 1 aromatic heterocycles. The van der Waals surface area contributed by atoms with E-state index in [9.17, 15) is 14.4 Å². The second kappa shape index (κ2) is 6.88. The van der Waals surface area contributed by atoms with Crippen molar-refractivity contribution >= 4 is 23.5 Å². The molecule has 3 N–H and O–H groups in total. The molecule has 0 aliphatic rings. The Morgan fingerprint density at radius 2 is 2.05 bits per heavy atom. The zero-order chi connectivity index (χ0) is 17.0. The third-order valence-electron chi connectivity index (χ3n) is 3.28. The Labute approximate surface area is 129 Å². The van der Waals surface area contributed by atoms with Crippen LogP contribution in [0.1, 0.15) is 24.5 Å². The fourth-order valence-corrected chi connectivity index (χ4v) is 2.15. The number of aromatic nitrogens is 2. The van der Waals surface area contributed by atoms with Gasteiger partial charge in [0.25, 0.3) is 5.91 Å². The molecule has 0 aromatic carbocycles. The third kappa shape index (κ3) is 3.51. The third-order valence-corrected chi connectivity index (χ3v) is 3.28. The molecule has 1 rings (SSSR count). The standard InChI is InChI=1S/C14H21N5O3/c1-6-10(20)17-9-7-16-13(18(9)4)14(22)19(5)11(8(2)3)12(15)21/h6-8,11H,1H2,2-5H3,(H2,15,21)(H,17,20). The van der Waals surface area contributed by atoms with Crippen LogP contribution in [0.3, 0.4) is 0 Å². The lowest BCUT2D eigenvalue weighted by molar-refractivity contribution is -0.123. The molecule has 1 heterocycles. The summed E-state index contributed by atoms with van der Waals surface area (Å²) in [5.41, 5.74) is 5.35. The SMILES string of the molecule is C=CC(=O)Nc1cnc(C(=O)N(C)C(C(N)=O)C(C)C)n1C. The lowest BCUT2D eigenvalue weighted by Crippen LogP contribution is -2.49. The van der Waals surface area contributed by atoms with Gasteiger partial charge in [0.2, 0.25) is 17.6 Å². The minimum atomic E-state index is -0.740. The number of primary amides is 1. The number of anilines is 1. The van der Waals surface area contributed by atoms with Gasteiger partial charge in [-0.05, 0) is 12.0 Å². The Bertz CT molecular complexity index is 606. The van der Waals surface area contributed by atoms with Gasteiger partial charge in [-0.25, -0.2) is 4.98 Å². The first kappa shape index (κ1) is 17.4. The van der Waals surface area contributed by atoms with Crippen LogP contribution in [0.5, 0.6) is 0 Å². The number of nitrogens with one attached hydrogen (secondary N) is 1. The zero-order valence-electron chi connectivity index (χ0n) is 13.2. The van der Waals surface area contributed by atoms with Crippen molar-refractivity contribution < 1.29 is 14.4 Å². The van der Waals surface area contributed by atoms with Gasteiger partial charge in [-0.2, -0.15) is 0 Å². The number of carbonyl (C=O) groups excluding carboxylic acids is 3. The Balaban J connectivity index is 3.05. The maximum absolute atomic E-state index is 12.5. The van der Waals surface area contributed by atoms with Crippen molar-refractivity contribution in [3.63, 3.8) is 0 Å². The summed E-state index contributed by atoms with van der Waals surface area (Å²) >= 11 is 0. The maximum Gasteiger partial charge on any atom is 0.290 e. The van der Waals surface area contributed by atoms with Gasteiger partial charge in [-0.3, -0.25) is 14.4 Å². The lowest BCUT2D eigenvalue weighted by Gasteiger charge is -2.28.